The molecule has 1 aliphatic carbocycles. The van der Waals surface area contributed by atoms with Gasteiger partial charge in [-0.25, -0.2) is 0 Å². The minimum absolute atomic E-state index is 0.237. The fourth-order valence-corrected chi connectivity index (χ4v) is 5.29. The minimum atomic E-state index is 0.237. The third-order valence-electron chi connectivity index (χ3n) is 7.12. The molecule has 2 aliphatic rings. The van der Waals surface area contributed by atoms with E-state index in [1.807, 2.05) is 0 Å². The van der Waals surface area contributed by atoms with Crippen LogP contribution in [-0.4, -0.2) is 18.5 Å². The lowest BCUT2D eigenvalue weighted by atomic mass is 9.79. The summed E-state index contributed by atoms with van der Waals surface area (Å²) in [6.07, 6.45) is 15.3. The van der Waals surface area contributed by atoms with Gasteiger partial charge >= 0.3 is 0 Å². The normalized spacial score (nSPS) is 22.9. The third-order valence-corrected chi connectivity index (χ3v) is 7.12. The molecule has 1 fully saturated rings. The maximum absolute atomic E-state index is 13.3. The van der Waals surface area contributed by atoms with Gasteiger partial charge in [0.25, 0.3) is 0 Å². The summed E-state index contributed by atoms with van der Waals surface area (Å²) in [5, 5.41) is 0. The van der Waals surface area contributed by atoms with Crippen molar-refractivity contribution in [2.45, 2.75) is 103 Å². The summed E-state index contributed by atoms with van der Waals surface area (Å²) in [7, 11) is 0. The highest BCUT2D eigenvalue weighted by atomic mass is 16.2. The molecule has 0 spiro atoms. The van der Waals surface area contributed by atoms with Gasteiger partial charge in [0.1, 0.15) is 0 Å². The predicted molar refractivity (Wildman–Crippen MR) is 123 cm³/mol. The van der Waals surface area contributed by atoms with Gasteiger partial charge in [-0.1, -0.05) is 58.1 Å². The van der Waals surface area contributed by atoms with Crippen molar-refractivity contribution in [1.29, 1.82) is 0 Å². The SMILES string of the molecule is CCCCC(N)Cc1ccc2c(c1)CCCN2C(=O)C1CCC(CCCC)CC1. The van der Waals surface area contributed by atoms with E-state index in [4.69, 9.17) is 5.73 Å². The van der Waals surface area contributed by atoms with E-state index in [1.54, 1.807) is 0 Å². The van der Waals surface area contributed by atoms with Gasteiger partial charge in [-0.3, -0.25) is 4.79 Å². The van der Waals surface area contributed by atoms with E-state index in [2.05, 4.69) is 36.9 Å². The zero-order chi connectivity index (χ0) is 20.6. The largest absolute Gasteiger partial charge is 0.327 e. The van der Waals surface area contributed by atoms with E-state index in [0.29, 0.717) is 5.91 Å². The summed E-state index contributed by atoms with van der Waals surface area (Å²) >= 11 is 0. The highest BCUT2D eigenvalue weighted by Crippen LogP contribution is 2.36. The first kappa shape index (κ1) is 22.3. The van der Waals surface area contributed by atoms with Crippen molar-refractivity contribution < 1.29 is 4.79 Å². The smallest absolute Gasteiger partial charge is 0.230 e. The van der Waals surface area contributed by atoms with Gasteiger partial charge in [0.15, 0.2) is 0 Å². The van der Waals surface area contributed by atoms with E-state index < -0.39 is 0 Å². The van der Waals surface area contributed by atoms with Gasteiger partial charge in [0.2, 0.25) is 5.91 Å². The number of benzene rings is 1. The Morgan fingerprint density at radius 2 is 1.90 bits per heavy atom. The van der Waals surface area contributed by atoms with E-state index in [9.17, 15) is 4.79 Å². The van der Waals surface area contributed by atoms with Gasteiger partial charge in [0, 0.05) is 24.2 Å². The molecule has 0 aromatic heterocycles. The van der Waals surface area contributed by atoms with E-state index in [-0.39, 0.29) is 12.0 Å². The molecule has 3 rings (SSSR count). The van der Waals surface area contributed by atoms with Crippen molar-refractivity contribution >= 4 is 11.6 Å². The van der Waals surface area contributed by atoms with Gasteiger partial charge in [-0.15, -0.1) is 0 Å². The number of aryl methyl sites for hydroxylation is 1. The van der Waals surface area contributed by atoms with Crippen LogP contribution < -0.4 is 10.6 Å². The molecule has 3 nitrogen and oxygen atoms in total. The van der Waals surface area contributed by atoms with Gasteiger partial charge < -0.3 is 10.6 Å². The molecule has 1 aromatic rings. The number of hydrogen-bond acceptors (Lipinski definition) is 2. The molecule has 1 aromatic carbocycles. The van der Waals surface area contributed by atoms with Crippen LogP contribution in [0.5, 0.6) is 0 Å². The molecular formula is C26H42N2O. The third kappa shape index (κ3) is 6.07. The van der Waals surface area contributed by atoms with E-state index in [0.717, 1.165) is 51.0 Å². The lowest BCUT2D eigenvalue weighted by Gasteiger charge is -2.35. The molecule has 1 atom stereocenters. The maximum Gasteiger partial charge on any atom is 0.230 e. The Morgan fingerprint density at radius 3 is 2.62 bits per heavy atom. The van der Waals surface area contributed by atoms with E-state index in [1.165, 1.54) is 61.8 Å². The Kier molecular flexibility index (Phi) is 8.59. The quantitative estimate of drug-likeness (QED) is 0.552. The van der Waals surface area contributed by atoms with Crippen LogP contribution in [0.15, 0.2) is 18.2 Å². The number of nitrogens with zero attached hydrogens (tertiary/aromatic N) is 1. The van der Waals surface area contributed by atoms with Crippen LogP contribution in [0.1, 0.15) is 95.6 Å². The summed E-state index contributed by atoms with van der Waals surface area (Å²) in [5.74, 6) is 1.47. The fourth-order valence-electron chi connectivity index (χ4n) is 5.29. The maximum atomic E-state index is 13.3. The second-order valence-corrected chi connectivity index (χ2v) is 9.52. The standard InChI is InChI=1S/C26H42N2O/c1-3-5-8-20-11-14-22(15-12-20)26(29)28-17-7-9-23-18-21(13-16-25(23)28)19-24(27)10-6-4-2/h13,16,18,20,22,24H,3-12,14-15,17,19,27H2,1-2H3. The molecule has 1 aliphatic heterocycles. The van der Waals surface area contributed by atoms with Crippen molar-refractivity contribution in [2.24, 2.45) is 17.6 Å². The molecule has 29 heavy (non-hydrogen) atoms. The van der Waals surface area contributed by atoms with Crippen LogP contribution in [-0.2, 0) is 17.6 Å². The molecule has 0 saturated heterocycles. The topological polar surface area (TPSA) is 46.3 Å². The Labute approximate surface area is 178 Å². The van der Waals surface area contributed by atoms with Crippen LogP contribution in [0.4, 0.5) is 5.69 Å². The van der Waals surface area contributed by atoms with Crippen molar-refractivity contribution in [3.63, 3.8) is 0 Å². The van der Waals surface area contributed by atoms with Crippen LogP contribution in [0.3, 0.4) is 0 Å². The van der Waals surface area contributed by atoms with Gasteiger partial charge in [-0.05, 0) is 74.5 Å². The van der Waals surface area contributed by atoms with Gasteiger partial charge in [-0.2, -0.15) is 0 Å². The number of anilines is 1. The molecule has 1 heterocycles. The summed E-state index contributed by atoms with van der Waals surface area (Å²) in [6, 6.07) is 6.97. The van der Waals surface area contributed by atoms with Crippen LogP contribution >= 0.6 is 0 Å². The lowest BCUT2D eigenvalue weighted by molar-refractivity contribution is -0.123. The molecular weight excluding hydrogens is 356 g/mol. The van der Waals surface area contributed by atoms with Gasteiger partial charge in [0.05, 0.1) is 0 Å². The van der Waals surface area contributed by atoms with Crippen molar-refractivity contribution in [3.8, 4) is 0 Å². The Bertz CT molecular complexity index is 648. The average molecular weight is 399 g/mol. The summed E-state index contributed by atoms with van der Waals surface area (Å²) < 4.78 is 0. The number of amides is 1. The monoisotopic (exact) mass is 398 g/mol. The molecule has 1 amide bonds. The second-order valence-electron chi connectivity index (χ2n) is 9.52. The number of nitrogens with two attached hydrogens (primary N) is 1. The van der Waals surface area contributed by atoms with E-state index >= 15 is 0 Å². The average Bonchev–Trinajstić information content (AvgIpc) is 2.75. The molecule has 1 saturated carbocycles. The zero-order valence-electron chi connectivity index (χ0n) is 18.8. The molecule has 0 radical (unpaired) electrons. The van der Waals surface area contributed by atoms with Crippen molar-refractivity contribution in [1.82, 2.24) is 0 Å². The highest BCUT2D eigenvalue weighted by Gasteiger charge is 2.31. The van der Waals surface area contributed by atoms with Crippen molar-refractivity contribution in [2.75, 3.05) is 11.4 Å². The predicted octanol–water partition coefficient (Wildman–Crippen LogP) is 6.02. The minimum Gasteiger partial charge on any atom is -0.327 e. The first-order valence-electron chi connectivity index (χ1n) is 12.3. The number of carbonyl (C=O) groups is 1. The lowest BCUT2D eigenvalue weighted by Crippen LogP contribution is -2.41. The van der Waals surface area contributed by atoms with Crippen molar-refractivity contribution in [3.05, 3.63) is 29.3 Å². The number of fused-ring (bicyclic) bond motifs is 1. The first-order chi connectivity index (χ1) is 14.1. The summed E-state index contributed by atoms with van der Waals surface area (Å²) in [4.78, 5) is 15.4. The molecule has 0 bridgehead atoms. The summed E-state index contributed by atoms with van der Waals surface area (Å²) in [6.45, 7) is 5.37. The first-order valence-corrected chi connectivity index (χ1v) is 12.3. The second kappa shape index (κ2) is 11.2. The van der Waals surface area contributed by atoms with Crippen LogP contribution in [0.25, 0.3) is 0 Å². The Morgan fingerprint density at radius 1 is 1.14 bits per heavy atom. The molecule has 2 N–H and O–H groups in total. The fraction of sp³-hybridized carbons (Fsp3) is 0.731. The number of unbranched alkanes of at least 4 members (excludes halogenated alkanes) is 2. The Hall–Kier alpha value is -1.35. The number of carbonyl (C=O) groups excluding carboxylic acids is 1. The van der Waals surface area contributed by atoms with Crippen LogP contribution in [0, 0.1) is 11.8 Å². The van der Waals surface area contributed by atoms with Crippen LogP contribution in [0.2, 0.25) is 0 Å². The highest BCUT2D eigenvalue weighted by molar-refractivity contribution is 5.96. The Balaban J connectivity index is 1.61. The molecule has 1 unspecified atom stereocenters. The summed E-state index contributed by atoms with van der Waals surface area (Å²) in [5.41, 5.74) is 10.2. The molecule has 162 valence electrons. The molecule has 3 heteroatoms. The number of hydrogen-bond donors (Lipinski definition) is 1. The number of rotatable bonds is 9. The zero-order valence-corrected chi connectivity index (χ0v) is 18.8.